The first-order valence-corrected chi connectivity index (χ1v) is 7.56. The Balaban J connectivity index is 2.46. The van der Waals surface area contributed by atoms with E-state index in [-0.39, 0.29) is 10.7 Å². The highest BCUT2D eigenvalue weighted by Crippen LogP contribution is 2.18. The van der Waals surface area contributed by atoms with E-state index in [0.29, 0.717) is 16.9 Å². The Kier molecular flexibility index (Phi) is 3.72. The molecule has 0 fully saturated rings. The molecule has 1 aromatic carbocycles. The Morgan fingerprint density at radius 3 is 2.10 bits per heavy atom. The molecule has 0 radical (unpaired) electrons. The summed E-state index contributed by atoms with van der Waals surface area (Å²) in [4.78, 5) is 11.6. The minimum atomic E-state index is -3.76. The molecule has 0 spiro atoms. The number of carbonyl (C=O) groups is 1. The minimum Gasteiger partial charge on any atom is -0.290 e. The lowest BCUT2D eigenvalue weighted by molar-refractivity contribution is -0.111. The van der Waals surface area contributed by atoms with Gasteiger partial charge in [-0.3, -0.25) is 4.79 Å². The Bertz CT molecular complexity index is 751. The van der Waals surface area contributed by atoms with Gasteiger partial charge in [0.15, 0.2) is 5.78 Å². The molecule has 1 aliphatic carbocycles. The van der Waals surface area contributed by atoms with E-state index in [9.17, 15) is 13.2 Å². The molecule has 0 bridgehead atoms. The fourth-order valence-electron chi connectivity index (χ4n) is 1.77. The van der Waals surface area contributed by atoms with Gasteiger partial charge in [-0.05, 0) is 56.2 Å². The first-order chi connectivity index (χ1) is 9.29. The standard InChI is InChI=1S/C15H15NO3S/c1-10-4-6-13(7-5-10)20(18,19)16-14-8-12(3)15(17)9-11(14)2/h4-9H,1-3H3/b16-14-. The first-order valence-electron chi connectivity index (χ1n) is 6.12. The van der Waals surface area contributed by atoms with Crippen LogP contribution in [0.5, 0.6) is 0 Å². The zero-order chi connectivity index (χ0) is 14.9. The largest absolute Gasteiger partial charge is 0.290 e. The van der Waals surface area contributed by atoms with Crippen molar-refractivity contribution in [3.8, 4) is 0 Å². The third kappa shape index (κ3) is 2.93. The quantitative estimate of drug-likeness (QED) is 0.786. The van der Waals surface area contributed by atoms with Gasteiger partial charge in [0.1, 0.15) is 0 Å². The van der Waals surface area contributed by atoms with Crippen molar-refractivity contribution in [2.45, 2.75) is 25.7 Å². The molecule has 0 amide bonds. The third-order valence-corrected chi connectivity index (χ3v) is 4.34. The summed E-state index contributed by atoms with van der Waals surface area (Å²) in [6, 6.07) is 6.50. The highest BCUT2D eigenvalue weighted by molar-refractivity contribution is 7.90. The van der Waals surface area contributed by atoms with Gasteiger partial charge in [-0.1, -0.05) is 17.7 Å². The summed E-state index contributed by atoms with van der Waals surface area (Å²) in [7, 11) is -3.76. The molecule has 0 unspecified atom stereocenters. The molecule has 0 atom stereocenters. The van der Waals surface area contributed by atoms with Crippen molar-refractivity contribution in [1.82, 2.24) is 0 Å². The van der Waals surface area contributed by atoms with E-state index < -0.39 is 10.0 Å². The van der Waals surface area contributed by atoms with E-state index in [1.165, 1.54) is 24.3 Å². The van der Waals surface area contributed by atoms with Crippen LogP contribution in [0.15, 0.2) is 56.9 Å². The number of hydrogen-bond donors (Lipinski definition) is 0. The van der Waals surface area contributed by atoms with Crippen LogP contribution >= 0.6 is 0 Å². The summed E-state index contributed by atoms with van der Waals surface area (Å²) < 4.78 is 28.3. The zero-order valence-corrected chi connectivity index (χ0v) is 12.4. The van der Waals surface area contributed by atoms with Crippen LogP contribution in [0.1, 0.15) is 19.4 Å². The van der Waals surface area contributed by atoms with Crippen LogP contribution in [0.3, 0.4) is 0 Å². The molecular formula is C15H15NO3S. The van der Waals surface area contributed by atoms with E-state index in [1.54, 1.807) is 26.0 Å². The fraction of sp³-hybridized carbons (Fsp3) is 0.200. The number of carbonyl (C=O) groups excluding carboxylic acids is 1. The Morgan fingerprint density at radius 2 is 1.50 bits per heavy atom. The molecule has 0 heterocycles. The van der Waals surface area contributed by atoms with Gasteiger partial charge in [-0.15, -0.1) is 0 Å². The normalized spacial score (nSPS) is 17.9. The van der Waals surface area contributed by atoms with E-state index in [4.69, 9.17) is 0 Å². The summed E-state index contributed by atoms with van der Waals surface area (Å²) >= 11 is 0. The van der Waals surface area contributed by atoms with Gasteiger partial charge in [0.2, 0.25) is 0 Å². The molecule has 0 saturated carbocycles. The molecule has 1 aromatic rings. The fourth-order valence-corrected chi connectivity index (χ4v) is 2.81. The van der Waals surface area contributed by atoms with Crippen LogP contribution in [0.25, 0.3) is 0 Å². The van der Waals surface area contributed by atoms with E-state index in [0.717, 1.165) is 5.56 Å². The molecule has 20 heavy (non-hydrogen) atoms. The lowest BCUT2D eigenvalue weighted by Gasteiger charge is -2.09. The van der Waals surface area contributed by atoms with Gasteiger partial charge in [0.25, 0.3) is 10.0 Å². The second-order valence-corrected chi connectivity index (χ2v) is 6.39. The lowest BCUT2D eigenvalue weighted by Crippen LogP contribution is -2.12. The van der Waals surface area contributed by atoms with Gasteiger partial charge in [-0.25, -0.2) is 0 Å². The zero-order valence-electron chi connectivity index (χ0n) is 11.5. The summed E-state index contributed by atoms with van der Waals surface area (Å²) in [5.74, 6) is -0.116. The highest BCUT2D eigenvalue weighted by atomic mass is 32.2. The second-order valence-electron chi connectivity index (χ2n) is 4.78. The second kappa shape index (κ2) is 5.17. The monoisotopic (exact) mass is 289 g/mol. The molecule has 1 aliphatic rings. The molecule has 104 valence electrons. The molecule has 0 aromatic heterocycles. The number of aryl methyl sites for hydroxylation is 1. The predicted octanol–water partition coefficient (Wildman–Crippen LogP) is 2.60. The average molecular weight is 289 g/mol. The number of ketones is 1. The Hall–Kier alpha value is -2.01. The van der Waals surface area contributed by atoms with Gasteiger partial charge >= 0.3 is 0 Å². The molecule has 5 heteroatoms. The Labute approximate surface area is 118 Å². The number of nitrogens with zero attached hydrogens (tertiary/aromatic N) is 1. The average Bonchev–Trinajstić information content (AvgIpc) is 2.36. The minimum absolute atomic E-state index is 0.116. The maximum atomic E-state index is 12.2. The SMILES string of the molecule is CC1=C/C(=N/S(=O)(=O)c2ccc(C)cc2)C(C)=CC1=O. The number of hydrogen-bond acceptors (Lipinski definition) is 3. The van der Waals surface area contributed by atoms with Crippen molar-refractivity contribution in [2.75, 3.05) is 0 Å². The maximum Gasteiger partial charge on any atom is 0.282 e. The number of allylic oxidation sites excluding steroid dienone is 4. The molecule has 4 nitrogen and oxygen atoms in total. The van der Waals surface area contributed by atoms with Crippen molar-refractivity contribution in [2.24, 2.45) is 4.40 Å². The summed E-state index contributed by atoms with van der Waals surface area (Å²) in [5, 5.41) is 0. The molecular weight excluding hydrogens is 274 g/mol. The lowest BCUT2D eigenvalue weighted by atomic mass is 9.99. The van der Waals surface area contributed by atoms with E-state index in [2.05, 4.69) is 4.40 Å². The summed E-state index contributed by atoms with van der Waals surface area (Å²) in [6.07, 6.45) is 2.90. The maximum absolute atomic E-state index is 12.2. The summed E-state index contributed by atoms with van der Waals surface area (Å²) in [6.45, 7) is 5.19. The summed E-state index contributed by atoms with van der Waals surface area (Å²) in [5.41, 5.74) is 2.32. The van der Waals surface area contributed by atoms with Crippen molar-refractivity contribution in [1.29, 1.82) is 0 Å². The van der Waals surface area contributed by atoms with Crippen molar-refractivity contribution < 1.29 is 13.2 Å². The van der Waals surface area contributed by atoms with Crippen LogP contribution in [0.4, 0.5) is 0 Å². The smallest absolute Gasteiger partial charge is 0.282 e. The highest BCUT2D eigenvalue weighted by Gasteiger charge is 2.18. The van der Waals surface area contributed by atoms with Gasteiger partial charge in [-0.2, -0.15) is 12.8 Å². The van der Waals surface area contributed by atoms with Gasteiger partial charge in [0.05, 0.1) is 10.6 Å². The van der Waals surface area contributed by atoms with Crippen molar-refractivity contribution in [3.63, 3.8) is 0 Å². The van der Waals surface area contributed by atoms with Crippen LogP contribution in [-0.2, 0) is 14.8 Å². The van der Waals surface area contributed by atoms with Crippen LogP contribution in [-0.4, -0.2) is 19.9 Å². The van der Waals surface area contributed by atoms with E-state index >= 15 is 0 Å². The molecule has 0 saturated heterocycles. The molecule has 2 rings (SSSR count). The number of benzene rings is 1. The van der Waals surface area contributed by atoms with E-state index in [1.807, 2.05) is 6.92 Å². The van der Waals surface area contributed by atoms with Crippen LogP contribution in [0, 0.1) is 6.92 Å². The number of rotatable bonds is 2. The number of sulfonamides is 1. The van der Waals surface area contributed by atoms with Crippen molar-refractivity contribution >= 4 is 21.5 Å². The van der Waals surface area contributed by atoms with Gasteiger partial charge < -0.3 is 0 Å². The van der Waals surface area contributed by atoms with Crippen LogP contribution < -0.4 is 0 Å². The topological polar surface area (TPSA) is 63.6 Å². The Morgan fingerprint density at radius 1 is 0.900 bits per heavy atom. The first kappa shape index (κ1) is 14.4. The third-order valence-electron chi connectivity index (χ3n) is 3.03. The molecule has 0 N–H and O–H groups in total. The van der Waals surface area contributed by atoms with Crippen molar-refractivity contribution in [3.05, 3.63) is 53.1 Å². The molecule has 0 aliphatic heterocycles. The van der Waals surface area contributed by atoms with Gasteiger partial charge in [0, 0.05) is 0 Å². The van der Waals surface area contributed by atoms with Crippen LogP contribution in [0.2, 0.25) is 0 Å². The predicted molar refractivity (Wildman–Crippen MR) is 78.3 cm³/mol.